The van der Waals surface area contributed by atoms with Gasteiger partial charge in [0, 0.05) is 10.3 Å². The Bertz CT molecular complexity index is 553. The molecular weight excluding hydrogens is 256 g/mol. The topological polar surface area (TPSA) is 52.1 Å². The molecule has 0 N–H and O–H groups in total. The highest BCUT2D eigenvalue weighted by Gasteiger charge is 2.17. The van der Waals surface area contributed by atoms with Gasteiger partial charge in [-0.1, -0.05) is 11.8 Å². The van der Waals surface area contributed by atoms with Crippen molar-refractivity contribution in [3.05, 3.63) is 17.3 Å². The van der Waals surface area contributed by atoms with Crippen LogP contribution in [-0.2, 0) is 9.53 Å². The second-order valence-electron chi connectivity index (χ2n) is 3.54. The first-order chi connectivity index (χ1) is 8.11. The predicted octanol–water partition coefficient (Wildman–Crippen LogP) is 2.65. The number of rotatable bonds is 3. The number of hydrogen-bond acceptors (Lipinski definition) is 6. The Morgan fingerprint density at radius 3 is 3.00 bits per heavy atom. The second kappa shape index (κ2) is 5.01. The lowest BCUT2D eigenvalue weighted by atomic mass is 10.4. The summed E-state index contributed by atoms with van der Waals surface area (Å²) in [4.78, 5) is 22.0. The fourth-order valence-corrected chi connectivity index (χ4v) is 3.26. The molecule has 0 saturated heterocycles. The number of thiophene rings is 1. The lowest BCUT2D eigenvalue weighted by Gasteiger charge is -2.08. The maximum atomic E-state index is 11.4. The molecule has 17 heavy (non-hydrogen) atoms. The Labute approximate surface area is 107 Å². The normalized spacial score (nSPS) is 12.6. The number of aromatic nitrogens is 2. The van der Waals surface area contributed by atoms with E-state index in [-0.39, 0.29) is 11.2 Å². The lowest BCUT2D eigenvalue weighted by molar-refractivity contribution is -0.139. The van der Waals surface area contributed by atoms with E-state index in [1.54, 1.807) is 11.3 Å². The van der Waals surface area contributed by atoms with Crippen LogP contribution in [0.15, 0.2) is 17.4 Å². The van der Waals surface area contributed by atoms with Crippen LogP contribution in [0.2, 0.25) is 0 Å². The molecule has 0 aliphatic heterocycles. The van der Waals surface area contributed by atoms with E-state index in [9.17, 15) is 4.79 Å². The van der Waals surface area contributed by atoms with Gasteiger partial charge in [0.2, 0.25) is 0 Å². The summed E-state index contributed by atoms with van der Waals surface area (Å²) in [6.45, 7) is 3.84. The number of nitrogens with zero attached hydrogens (tertiary/aromatic N) is 2. The number of aryl methyl sites for hydroxylation is 1. The number of fused-ring (bicyclic) bond motifs is 1. The van der Waals surface area contributed by atoms with Crippen LogP contribution in [0.1, 0.15) is 11.8 Å². The van der Waals surface area contributed by atoms with Gasteiger partial charge in [-0.25, -0.2) is 9.97 Å². The Morgan fingerprint density at radius 2 is 2.29 bits per heavy atom. The monoisotopic (exact) mass is 268 g/mol. The maximum absolute atomic E-state index is 11.4. The van der Waals surface area contributed by atoms with E-state index in [0.717, 1.165) is 15.2 Å². The van der Waals surface area contributed by atoms with Crippen LogP contribution in [0, 0.1) is 6.92 Å². The van der Waals surface area contributed by atoms with Crippen molar-refractivity contribution in [2.75, 3.05) is 7.11 Å². The molecule has 0 fully saturated rings. The number of thioether (sulfide) groups is 1. The van der Waals surface area contributed by atoms with Crippen molar-refractivity contribution in [1.29, 1.82) is 0 Å². The van der Waals surface area contributed by atoms with Crippen molar-refractivity contribution in [2.45, 2.75) is 24.1 Å². The highest BCUT2D eigenvalue weighted by molar-refractivity contribution is 8.00. The number of ether oxygens (including phenoxy) is 1. The number of esters is 1. The number of methoxy groups -OCH3 is 1. The molecule has 0 saturated carbocycles. The molecule has 0 bridgehead atoms. The zero-order chi connectivity index (χ0) is 12.4. The minimum Gasteiger partial charge on any atom is -0.468 e. The predicted molar refractivity (Wildman–Crippen MR) is 69.5 cm³/mol. The van der Waals surface area contributed by atoms with Gasteiger partial charge in [0.1, 0.15) is 21.4 Å². The summed E-state index contributed by atoms with van der Waals surface area (Å²) in [5.41, 5.74) is 0. The smallest absolute Gasteiger partial charge is 0.318 e. The molecule has 2 aromatic heterocycles. The molecule has 0 spiro atoms. The standard InChI is InChI=1S/C11H12N2O2S2/c1-6-4-8-9(16-6)12-5-13-10(8)17-7(2)11(14)15-3/h4-5,7H,1-3H3. The first kappa shape index (κ1) is 12.3. The molecule has 1 unspecified atom stereocenters. The molecule has 2 aromatic rings. The highest BCUT2D eigenvalue weighted by atomic mass is 32.2. The largest absolute Gasteiger partial charge is 0.468 e. The summed E-state index contributed by atoms with van der Waals surface area (Å²) in [7, 11) is 1.39. The zero-order valence-corrected chi connectivity index (χ0v) is 11.4. The van der Waals surface area contributed by atoms with Gasteiger partial charge in [-0.15, -0.1) is 11.3 Å². The first-order valence-corrected chi connectivity index (χ1v) is 6.77. The van der Waals surface area contributed by atoms with Crippen molar-refractivity contribution < 1.29 is 9.53 Å². The molecule has 1 atom stereocenters. The molecule has 6 heteroatoms. The Morgan fingerprint density at radius 1 is 1.53 bits per heavy atom. The molecule has 0 aromatic carbocycles. The Balaban J connectivity index is 2.32. The van der Waals surface area contributed by atoms with Gasteiger partial charge in [-0.05, 0) is 19.9 Å². The van der Waals surface area contributed by atoms with E-state index in [4.69, 9.17) is 4.74 Å². The van der Waals surface area contributed by atoms with E-state index in [2.05, 4.69) is 9.97 Å². The van der Waals surface area contributed by atoms with Crippen LogP contribution in [0.5, 0.6) is 0 Å². The van der Waals surface area contributed by atoms with E-state index in [0.29, 0.717) is 0 Å². The van der Waals surface area contributed by atoms with Gasteiger partial charge < -0.3 is 4.74 Å². The van der Waals surface area contributed by atoms with Gasteiger partial charge in [0.15, 0.2) is 0 Å². The maximum Gasteiger partial charge on any atom is 0.318 e. The average Bonchev–Trinajstić information content (AvgIpc) is 2.69. The minimum atomic E-state index is -0.265. The summed E-state index contributed by atoms with van der Waals surface area (Å²) in [6.07, 6.45) is 1.53. The van der Waals surface area contributed by atoms with Gasteiger partial charge in [-0.3, -0.25) is 4.79 Å². The lowest BCUT2D eigenvalue weighted by Crippen LogP contribution is -2.14. The summed E-state index contributed by atoms with van der Waals surface area (Å²) in [5.74, 6) is -0.242. The summed E-state index contributed by atoms with van der Waals surface area (Å²) >= 11 is 3.03. The van der Waals surface area contributed by atoms with E-state index < -0.39 is 0 Å². The van der Waals surface area contributed by atoms with Gasteiger partial charge >= 0.3 is 5.97 Å². The van der Waals surface area contributed by atoms with Crippen LogP contribution in [0.25, 0.3) is 10.2 Å². The van der Waals surface area contributed by atoms with Crippen LogP contribution in [-0.4, -0.2) is 28.3 Å². The summed E-state index contributed by atoms with van der Waals surface area (Å²) in [6, 6.07) is 2.05. The molecule has 0 radical (unpaired) electrons. The molecule has 0 aliphatic carbocycles. The molecule has 90 valence electrons. The summed E-state index contributed by atoms with van der Waals surface area (Å²) < 4.78 is 4.70. The van der Waals surface area contributed by atoms with E-state index in [1.807, 2.05) is 19.9 Å². The second-order valence-corrected chi connectivity index (χ2v) is 6.10. The quantitative estimate of drug-likeness (QED) is 0.486. The van der Waals surface area contributed by atoms with Crippen molar-refractivity contribution in [1.82, 2.24) is 9.97 Å². The number of carbonyl (C=O) groups excluding carboxylic acids is 1. The van der Waals surface area contributed by atoms with Crippen LogP contribution in [0.4, 0.5) is 0 Å². The third-order valence-corrected chi connectivity index (χ3v) is 4.29. The zero-order valence-electron chi connectivity index (χ0n) is 9.76. The average molecular weight is 268 g/mol. The fourth-order valence-electron chi connectivity index (χ4n) is 1.43. The van der Waals surface area contributed by atoms with Crippen LogP contribution < -0.4 is 0 Å². The molecule has 2 rings (SSSR count). The van der Waals surface area contributed by atoms with Gasteiger partial charge in [0.25, 0.3) is 0 Å². The Kier molecular flexibility index (Phi) is 3.63. The molecule has 0 amide bonds. The van der Waals surface area contributed by atoms with Crippen molar-refractivity contribution >= 4 is 39.3 Å². The minimum absolute atomic E-state index is 0.242. The van der Waals surface area contributed by atoms with Crippen molar-refractivity contribution in [3.63, 3.8) is 0 Å². The Hall–Kier alpha value is -1.14. The van der Waals surface area contributed by atoms with E-state index in [1.165, 1.54) is 30.1 Å². The fraction of sp³-hybridized carbons (Fsp3) is 0.364. The number of hydrogen-bond donors (Lipinski definition) is 0. The summed E-state index contributed by atoms with van der Waals surface area (Å²) in [5, 5.41) is 1.58. The first-order valence-electron chi connectivity index (χ1n) is 5.07. The van der Waals surface area contributed by atoms with Crippen LogP contribution in [0.3, 0.4) is 0 Å². The highest BCUT2D eigenvalue weighted by Crippen LogP contribution is 2.32. The molecule has 4 nitrogen and oxygen atoms in total. The van der Waals surface area contributed by atoms with Crippen LogP contribution >= 0.6 is 23.1 Å². The molecular formula is C11H12N2O2S2. The van der Waals surface area contributed by atoms with Crippen molar-refractivity contribution in [3.8, 4) is 0 Å². The number of carbonyl (C=O) groups is 1. The van der Waals surface area contributed by atoms with Gasteiger partial charge in [0.05, 0.1) is 7.11 Å². The third-order valence-electron chi connectivity index (χ3n) is 2.24. The third kappa shape index (κ3) is 2.58. The van der Waals surface area contributed by atoms with Crippen molar-refractivity contribution in [2.24, 2.45) is 0 Å². The molecule has 0 aliphatic rings. The molecule has 2 heterocycles. The SMILES string of the molecule is COC(=O)C(C)Sc1ncnc2sc(C)cc12. The van der Waals surface area contributed by atoms with Gasteiger partial charge in [-0.2, -0.15) is 0 Å². The van der Waals surface area contributed by atoms with E-state index >= 15 is 0 Å².